The van der Waals surface area contributed by atoms with E-state index in [9.17, 15) is 4.79 Å². The summed E-state index contributed by atoms with van der Waals surface area (Å²) >= 11 is 0. The molecule has 0 radical (unpaired) electrons. The maximum atomic E-state index is 12.5. The number of morpholine rings is 1. The van der Waals surface area contributed by atoms with E-state index < -0.39 is 0 Å². The predicted octanol–water partition coefficient (Wildman–Crippen LogP) is 3.13. The third-order valence-corrected chi connectivity index (χ3v) is 5.88. The van der Waals surface area contributed by atoms with E-state index >= 15 is 0 Å². The van der Waals surface area contributed by atoms with E-state index in [0.29, 0.717) is 19.5 Å². The summed E-state index contributed by atoms with van der Waals surface area (Å²) in [4.78, 5) is 15.0. The third kappa shape index (κ3) is 7.16. The quantitative estimate of drug-likeness (QED) is 0.704. The van der Waals surface area contributed by atoms with Crippen molar-refractivity contribution >= 4 is 30.7 Å². The van der Waals surface area contributed by atoms with Crippen LogP contribution >= 0.6 is 24.8 Å². The van der Waals surface area contributed by atoms with E-state index in [1.165, 1.54) is 19.3 Å². The average molecular weight is 412 g/mol. The zero-order valence-electron chi connectivity index (χ0n) is 16.9. The van der Waals surface area contributed by atoms with Crippen molar-refractivity contribution in [1.82, 2.24) is 10.2 Å². The molecule has 1 aliphatic carbocycles. The van der Waals surface area contributed by atoms with Crippen LogP contribution in [0.4, 0.5) is 0 Å². The number of nitrogens with zero attached hydrogens (tertiary/aromatic N) is 1. The predicted molar refractivity (Wildman–Crippen MR) is 112 cm³/mol. The molecule has 26 heavy (non-hydrogen) atoms. The SMILES string of the molecule is CC1CN(C(C)(C)CNC(=O)CC2(CN)CCCCC2)CC(C)O1.Cl.Cl. The molecule has 1 saturated heterocycles. The monoisotopic (exact) mass is 411 g/mol. The van der Waals surface area contributed by atoms with Crippen molar-refractivity contribution in [3.8, 4) is 0 Å². The van der Waals surface area contributed by atoms with Crippen LogP contribution in [0.1, 0.15) is 66.2 Å². The Morgan fingerprint density at radius 3 is 2.19 bits per heavy atom. The van der Waals surface area contributed by atoms with E-state index in [0.717, 1.165) is 25.9 Å². The molecule has 0 spiro atoms. The minimum atomic E-state index is -0.0651. The van der Waals surface area contributed by atoms with Crippen molar-refractivity contribution in [3.05, 3.63) is 0 Å². The van der Waals surface area contributed by atoms with Crippen molar-refractivity contribution < 1.29 is 9.53 Å². The summed E-state index contributed by atoms with van der Waals surface area (Å²) in [5, 5.41) is 3.18. The van der Waals surface area contributed by atoms with Gasteiger partial charge in [-0.2, -0.15) is 0 Å². The molecule has 1 heterocycles. The van der Waals surface area contributed by atoms with E-state index in [-0.39, 0.29) is 53.9 Å². The van der Waals surface area contributed by atoms with Crippen molar-refractivity contribution in [1.29, 1.82) is 0 Å². The van der Waals surface area contributed by atoms with Crippen molar-refractivity contribution in [3.63, 3.8) is 0 Å². The Bertz CT molecular complexity index is 419. The molecule has 7 heteroatoms. The van der Waals surface area contributed by atoms with Gasteiger partial charge in [-0.1, -0.05) is 19.3 Å². The Morgan fingerprint density at radius 2 is 1.69 bits per heavy atom. The second-order valence-corrected chi connectivity index (χ2v) is 8.69. The fourth-order valence-corrected chi connectivity index (χ4v) is 4.26. The maximum Gasteiger partial charge on any atom is 0.220 e. The number of carbonyl (C=O) groups is 1. The van der Waals surface area contributed by atoms with Gasteiger partial charge in [0.05, 0.1) is 12.2 Å². The van der Waals surface area contributed by atoms with Gasteiger partial charge in [0, 0.05) is 31.6 Å². The number of nitrogens with one attached hydrogen (secondary N) is 1. The Balaban J connectivity index is 0.00000312. The number of amides is 1. The zero-order chi connectivity index (χ0) is 17.8. The normalized spacial score (nSPS) is 26.3. The molecule has 2 fully saturated rings. The molecule has 2 rings (SSSR count). The summed E-state index contributed by atoms with van der Waals surface area (Å²) in [6, 6.07) is 0. The summed E-state index contributed by atoms with van der Waals surface area (Å²) < 4.78 is 5.82. The summed E-state index contributed by atoms with van der Waals surface area (Å²) in [5.41, 5.74) is 5.98. The Hall–Kier alpha value is -0.0700. The molecule has 0 aromatic carbocycles. The van der Waals surface area contributed by atoms with Gasteiger partial charge < -0.3 is 15.8 Å². The smallest absolute Gasteiger partial charge is 0.220 e. The van der Waals surface area contributed by atoms with Crippen molar-refractivity contribution in [2.45, 2.75) is 84.0 Å². The highest BCUT2D eigenvalue weighted by Gasteiger charge is 2.35. The molecule has 1 amide bonds. The van der Waals surface area contributed by atoms with Crippen LogP contribution in [0.3, 0.4) is 0 Å². The van der Waals surface area contributed by atoms with E-state index in [4.69, 9.17) is 10.5 Å². The summed E-state index contributed by atoms with van der Waals surface area (Å²) in [6.45, 7) is 11.8. The van der Waals surface area contributed by atoms with Crippen LogP contribution in [-0.4, -0.2) is 54.7 Å². The van der Waals surface area contributed by atoms with Crippen LogP contribution < -0.4 is 11.1 Å². The lowest BCUT2D eigenvalue weighted by Crippen LogP contribution is -2.58. The van der Waals surface area contributed by atoms with Gasteiger partial charge in [-0.05, 0) is 52.5 Å². The molecule has 2 aliphatic rings. The third-order valence-electron chi connectivity index (χ3n) is 5.88. The van der Waals surface area contributed by atoms with Gasteiger partial charge in [-0.15, -0.1) is 24.8 Å². The fraction of sp³-hybridized carbons (Fsp3) is 0.947. The van der Waals surface area contributed by atoms with Crippen LogP contribution in [0, 0.1) is 5.41 Å². The number of nitrogens with two attached hydrogens (primary N) is 1. The highest BCUT2D eigenvalue weighted by atomic mass is 35.5. The first kappa shape index (κ1) is 25.9. The number of halogens is 2. The molecular weight excluding hydrogens is 373 g/mol. The van der Waals surface area contributed by atoms with Gasteiger partial charge in [0.25, 0.3) is 0 Å². The van der Waals surface area contributed by atoms with Crippen molar-refractivity contribution in [2.75, 3.05) is 26.2 Å². The number of rotatable bonds is 6. The zero-order valence-corrected chi connectivity index (χ0v) is 18.5. The molecule has 0 aromatic heterocycles. The molecule has 2 unspecified atom stereocenters. The Kier molecular flexibility index (Phi) is 11.0. The second kappa shape index (κ2) is 11.1. The molecule has 5 nitrogen and oxygen atoms in total. The maximum absolute atomic E-state index is 12.5. The highest BCUT2D eigenvalue weighted by molar-refractivity contribution is 5.85. The van der Waals surface area contributed by atoms with Crippen LogP contribution in [0.15, 0.2) is 0 Å². The van der Waals surface area contributed by atoms with Gasteiger partial charge in [0.2, 0.25) is 5.91 Å². The lowest BCUT2D eigenvalue weighted by atomic mass is 9.71. The molecule has 0 bridgehead atoms. The Labute approximate surface area is 172 Å². The van der Waals surface area contributed by atoms with Crippen LogP contribution in [-0.2, 0) is 9.53 Å². The first-order valence-electron chi connectivity index (χ1n) is 9.64. The van der Waals surface area contributed by atoms with Crippen LogP contribution in [0.2, 0.25) is 0 Å². The number of hydrogen-bond acceptors (Lipinski definition) is 4. The molecule has 1 saturated carbocycles. The lowest BCUT2D eigenvalue weighted by molar-refractivity contribution is -0.125. The van der Waals surface area contributed by atoms with Crippen LogP contribution in [0.25, 0.3) is 0 Å². The molecular formula is C19H39Cl2N3O2. The standard InChI is InChI=1S/C19H37N3O2.2ClH/c1-15-11-22(12-16(2)24-15)18(3,4)14-21-17(23)10-19(13-20)8-6-5-7-9-19;;/h15-16H,5-14,20H2,1-4H3,(H,21,23);2*1H. The van der Waals surface area contributed by atoms with Gasteiger partial charge in [-0.25, -0.2) is 0 Å². The summed E-state index contributed by atoms with van der Waals surface area (Å²) in [5.74, 6) is 0.157. The minimum Gasteiger partial charge on any atom is -0.373 e. The number of carbonyl (C=O) groups excluding carboxylic acids is 1. The molecule has 156 valence electrons. The average Bonchev–Trinajstić information content (AvgIpc) is 2.53. The lowest BCUT2D eigenvalue weighted by Gasteiger charge is -2.45. The van der Waals surface area contributed by atoms with Gasteiger partial charge in [-0.3, -0.25) is 9.69 Å². The van der Waals surface area contributed by atoms with E-state index in [2.05, 4.69) is 37.9 Å². The van der Waals surface area contributed by atoms with Crippen molar-refractivity contribution in [2.24, 2.45) is 11.1 Å². The van der Waals surface area contributed by atoms with Gasteiger partial charge in [0.15, 0.2) is 0 Å². The highest BCUT2D eigenvalue weighted by Crippen LogP contribution is 2.38. The fourth-order valence-electron chi connectivity index (χ4n) is 4.26. The van der Waals surface area contributed by atoms with E-state index in [1.54, 1.807) is 0 Å². The second-order valence-electron chi connectivity index (χ2n) is 8.69. The van der Waals surface area contributed by atoms with E-state index in [1.807, 2.05) is 0 Å². The Morgan fingerprint density at radius 1 is 1.15 bits per heavy atom. The molecule has 3 N–H and O–H groups in total. The number of hydrogen-bond donors (Lipinski definition) is 2. The minimum absolute atomic E-state index is 0. The summed E-state index contributed by atoms with van der Waals surface area (Å²) in [7, 11) is 0. The first-order valence-corrected chi connectivity index (χ1v) is 9.64. The summed E-state index contributed by atoms with van der Waals surface area (Å²) in [6.07, 6.45) is 6.95. The van der Waals surface area contributed by atoms with Gasteiger partial charge >= 0.3 is 0 Å². The largest absolute Gasteiger partial charge is 0.373 e. The van der Waals surface area contributed by atoms with Gasteiger partial charge in [0.1, 0.15) is 0 Å². The van der Waals surface area contributed by atoms with Crippen LogP contribution in [0.5, 0.6) is 0 Å². The number of ether oxygens (including phenoxy) is 1. The molecule has 1 aliphatic heterocycles. The molecule has 2 atom stereocenters. The first-order chi connectivity index (χ1) is 11.3. The molecule has 0 aromatic rings. The topological polar surface area (TPSA) is 67.6 Å².